The van der Waals surface area contributed by atoms with E-state index >= 15 is 0 Å². The minimum atomic E-state index is -0.959. The van der Waals surface area contributed by atoms with Crippen LogP contribution in [0.2, 0.25) is 0 Å². The Hall–Kier alpha value is -1.92. The molecule has 1 amide bonds. The summed E-state index contributed by atoms with van der Waals surface area (Å²) in [6, 6.07) is -0.767. The largest absolute Gasteiger partial charge is 0.480 e. The lowest BCUT2D eigenvalue weighted by Crippen LogP contribution is -2.38. The number of amides is 1. The van der Waals surface area contributed by atoms with Gasteiger partial charge in [0.05, 0.1) is 6.61 Å². The van der Waals surface area contributed by atoms with Crippen LogP contribution in [0.4, 0.5) is 4.79 Å². The fraction of sp³-hybridized carbons (Fsp3) is 0.750. The molecule has 134 valence electrons. The second-order valence-corrected chi connectivity index (χ2v) is 6.23. The first-order valence-corrected chi connectivity index (χ1v) is 7.93. The molecule has 0 saturated heterocycles. The second-order valence-electron chi connectivity index (χ2n) is 6.23. The number of carboxylic acid groups (broad SMARTS) is 1. The molecular weight excluding hydrogens is 300 g/mol. The summed E-state index contributed by atoms with van der Waals surface area (Å²) in [6.07, 6.45) is 2.06. The van der Waals surface area contributed by atoms with Gasteiger partial charge in [-0.25, -0.2) is 9.59 Å². The molecule has 0 aliphatic carbocycles. The minimum Gasteiger partial charge on any atom is -0.480 e. The number of aliphatic carboxylic acids is 1. The molecule has 0 spiro atoms. The number of nitrogens with one attached hydrogen (secondary N) is 2. The SMILES string of the molecule is C=C(N[C@@H](CCCCNC(=O)OCCC)C(=O)O)OC(C)(C)C. The first-order valence-electron chi connectivity index (χ1n) is 7.93. The number of alkyl carbamates (subject to hydrolysis) is 1. The maximum absolute atomic E-state index is 11.2. The van der Waals surface area contributed by atoms with Crippen molar-refractivity contribution in [2.75, 3.05) is 13.2 Å². The fourth-order valence-corrected chi connectivity index (χ4v) is 1.76. The summed E-state index contributed by atoms with van der Waals surface area (Å²) in [6.45, 7) is 12.0. The van der Waals surface area contributed by atoms with Gasteiger partial charge in [-0.1, -0.05) is 6.92 Å². The minimum absolute atomic E-state index is 0.242. The second kappa shape index (κ2) is 10.7. The van der Waals surface area contributed by atoms with Crippen LogP contribution in [0.3, 0.4) is 0 Å². The number of rotatable bonds is 11. The molecule has 0 bridgehead atoms. The van der Waals surface area contributed by atoms with Crippen molar-refractivity contribution < 1.29 is 24.2 Å². The molecule has 0 aromatic heterocycles. The Balaban J connectivity index is 4.00. The highest BCUT2D eigenvalue weighted by molar-refractivity contribution is 5.73. The summed E-state index contributed by atoms with van der Waals surface area (Å²) in [4.78, 5) is 22.5. The van der Waals surface area contributed by atoms with E-state index in [1.807, 2.05) is 27.7 Å². The number of carbonyl (C=O) groups is 2. The van der Waals surface area contributed by atoms with E-state index in [0.717, 1.165) is 6.42 Å². The van der Waals surface area contributed by atoms with Gasteiger partial charge in [-0.05, 0) is 53.0 Å². The molecule has 0 fully saturated rings. The Labute approximate surface area is 138 Å². The lowest BCUT2D eigenvalue weighted by molar-refractivity contribution is -0.140. The summed E-state index contributed by atoms with van der Waals surface area (Å²) >= 11 is 0. The third-order valence-electron chi connectivity index (χ3n) is 2.69. The summed E-state index contributed by atoms with van der Waals surface area (Å²) in [5.74, 6) is -0.717. The van der Waals surface area contributed by atoms with Crippen LogP contribution in [0.5, 0.6) is 0 Å². The van der Waals surface area contributed by atoms with Crippen molar-refractivity contribution in [1.29, 1.82) is 0 Å². The highest BCUT2D eigenvalue weighted by Gasteiger charge is 2.20. The van der Waals surface area contributed by atoms with Gasteiger partial charge in [-0.15, -0.1) is 0 Å². The van der Waals surface area contributed by atoms with E-state index in [2.05, 4.69) is 17.2 Å². The number of carbonyl (C=O) groups excluding carboxylic acids is 1. The first-order chi connectivity index (χ1) is 10.7. The topological polar surface area (TPSA) is 96.9 Å². The number of hydrogen-bond acceptors (Lipinski definition) is 5. The Bertz CT molecular complexity index is 390. The van der Waals surface area contributed by atoms with E-state index in [9.17, 15) is 14.7 Å². The summed E-state index contributed by atoms with van der Waals surface area (Å²) in [5.41, 5.74) is -0.435. The van der Waals surface area contributed by atoms with Crippen molar-refractivity contribution in [2.24, 2.45) is 0 Å². The highest BCUT2D eigenvalue weighted by atomic mass is 16.5. The van der Waals surface area contributed by atoms with Gasteiger partial charge in [-0.3, -0.25) is 0 Å². The van der Waals surface area contributed by atoms with Crippen LogP contribution in [0, 0.1) is 0 Å². The Morgan fingerprint density at radius 2 is 1.91 bits per heavy atom. The average molecular weight is 330 g/mol. The van der Waals surface area contributed by atoms with E-state index in [4.69, 9.17) is 9.47 Å². The molecule has 7 heteroatoms. The molecule has 0 aliphatic rings. The number of ether oxygens (including phenoxy) is 2. The van der Waals surface area contributed by atoms with Gasteiger partial charge in [0.2, 0.25) is 0 Å². The van der Waals surface area contributed by atoms with Gasteiger partial charge in [0.1, 0.15) is 11.6 Å². The lowest BCUT2D eigenvalue weighted by Gasteiger charge is -2.25. The van der Waals surface area contributed by atoms with E-state index in [1.54, 1.807) is 0 Å². The summed E-state index contributed by atoms with van der Waals surface area (Å²) < 4.78 is 10.3. The van der Waals surface area contributed by atoms with Crippen LogP contribution in [-0.2, 0) is 14.3 Å². The lowest BCUT2D eigenvalue weighted by atomic mass is 10.1. The normalized spacial score (nSPS) is 12.2. The van der Waals surface area contributed by atoms with Crippen molar-refractivity contribution >= 4 is 12.1 Å². The van der Waals surface area contributed by atoms with Crippen LogP contribution < -0.4 is 10.6 Å². The quantitative estimate of drug-likeness (QED) is 0.398. The predicted molar refractivity (Wildman–Crippen MR) is 88.0 cm³/mol. The highest BCUT2D eigenvalue weighted by Crippen LogP contribution is 2.12. The molecule has 0 unspecified atom stereocenters. The molecule has 23 heavy (non-hydrogen) atoms. The fourth-order valence-electron chi connectivity index (χ4n) is 1.76. The van der Waals surface area contributed by atoms with Gasteiger partial charge in [0, 0.05) is 6.54 Å². The molecule has 0 aromatic rings. The Morgan fingerprint density at radius 1 is 1.26 bits per heavy atom. The zero-order valence-electron chi connectivity index (χ0n) is 14.6. The molecule has 1 atom stereocenters. The number of unbranched alkanes of at least 4 members (excludes halogenated alkanes) is 1. The van der Waals surface area contributed by atoms with Crippen molar-refractivity contribution in [3.05, 3.63) is 12.5 Å². The molecule has 0 heterocycles. The zero-order chi connectivity index (χ0) is 17.9. The zero-order valence-corrected chi connectivity index (χ0v) is 14.6. The average Bonchev–Trinajstić information content (AvgIpc) is 2.41. The molecule has 0 aromatic carbocycles. The molecule has 0 aliphatic heterocycles. The number of hydrogen-bond donors (Lipinski definition) is 3. The van der Waals surface area contributed by atoms with Crippen LogP contribution >= 0.6 is 0 Å². The van der Waals surface area contributed by atoms with Gasteiger partial charge >= 0.3 is 12.1 Å². The van der Waals surface area contributed by atoms with E-state index < -0.39 is 23.7 Å². The first kappa shape index (κ1) is 21.1. The van der Waals surface area contributed by atoms with Crippen molar-refractivity contribution in [3.8, 4) is 0 Å². The molecule has 0 rings (SSSR count). The van der Waals surface area contributed by atoms with Gasteiger partial charge in [0.15, 0.2) is 5.88 Å². The Morgan fingerprint density at radius 3 is 2.43 bits per heavy atom. The van der Waals surface area contributed by atoms with Crippen LogP contribution in [0.25, 0.3) is 0 Å². The maximum atomic E-state index is 11.2. The predicted octanol–water partition coefficient (Wildman–Crippen LogP) is 2.62. The summed E-state index contributed by atoms with van der Waals surface area (Å²) in [5, 5.41) is 14.6. The standard InChI is InChI=1S/C16H30N2O5/c1-6-11-22-15(21)17-10-8-7-9-13(14(19)20)18-12(2)23-16(3,4)5/h13,18H,2,6-11H2,1,3-5H3,(H,17,21)(H,19,20)/t13-/m0/s1. The third-order valence-corrected chi connectivity index (χ3v) is 2.69. The monoisotopic (exact) mass is 330 g/mol. The Kier molecular flexibility index (Phi) is 9.85. The summed E-state index contributed by atoms with van der Waals surface area (Å²) in [7, 11) is 0. The van der Waals surface area contributed by atoms with Crippen LogP contribution in [0.15, 0.2) is 12.5 Å². The molecule has 0 radical (unpaired) electrons. The van der Waals surface area contributed by atoms with Crippen molar-refractivity contribution in [3.63, 3.8) is 0 Å². The van der Waals surface area contributed by atoms with E-state index in [-0.39, 0.29) is 5.88 Å². The van der Waals surface area contributed by atoms with Crippen molar-refractivity contribution in [1.82, 2.24) is 10.6 Å². The van der Waals surface area contributed by atoms with E-state index in [1.165, 1.54) is 0 Å². The number of carboxylic acids is 1. The molecule has 0 saturated carbocycles. The van der Waals surface area contributed by atoms with Gasteiger partial charge in [0.25, 0.3) is 0 Å². The molecule has 3 N–H and O–H groups in total. The van der Waals surface area contributed by atoms with Gasteiger partial charge < -0.3 is 25.2 Å². The van der Waals surface area contributed by atoms with Gasteiger partial charge in [-0.2, -0.15) is 0 Å². The third kappa shape index (κ3) is 12.3. The maximum Gasteiger partial charge on any atom is 0.407 e. The molecule has 7 nitrogen and oxygen atoms in total. The van der Waals surface area contributed by atoms with Crippen molar-refractivity contribution in [2.45, 2.75) is 65.0 Å². The smallest absolute Gasteiger partial charge is 0.407 e. The van der Waals surface area contributed by atoms with E-state index in [0.29, 0.717) is 32.4 Å². The van der Waals surface area contributed by atoms with Crippen LogP contribution in [-0.4, -0.2) is 42.0 Å². The molecular formula is C16H30N2O5. The van der Waals surface area contributed by atoms with Crippen LogP contribution in [0.1, 0.15) is 53.4 Å².